The summed E-state index contributed by atoms with van der Waals surface area (Å²) in [5.74, 6) is 0. The predicted octanol–water partition coefficient (Wildman–Crippen LogP) is 7.87. The van der Waals surface area contributed by atoms with Crippen LogP contribution in [0.4, 0.5) is 0 Å². The van der Waals surface area contributed by atoms with E-state index in [2.05, 4.69) is 97.1 Å². The molecule has 6 aromatic carbocycles. The molecule has 6 aromatic rings. The van der Waals surface area contributed by atoms with Gasteiger partial charge in [-0.3, -0.25) is 0 Å². The summed E-state index contributed by atoms with van der Waals surface area (Å²) in [5.41, 5.74) is 5.72. The van der Waals surface area contributed by atoms with Gasteiger partial charge in [-0.25, -0.2) is 0 Å². The zero-order valence-corrected chi connectivity index (χ0v) is 15.9. The molecule has 0 heterocycles. The topological polar surface area (TPSA) is 0 Å². The van der Waals surface area contributed by atoms with E-state index < -0.39 is 0 Å². The smallest absolute Gasteiger partial charge is 0.000706 e. The van der Waals surface area contributed by atoms with Crippen LogP contribution in [0.25, 0.3) is 54.2 Å². The van der Waals surface area contributed by atoms with Gasteiger partial charge in [0.1, 0.15) is 0 Å². The Bertz CT molecular complexity index is 1620. The van der Waals surface area contributed by atoms with E-state index in [1.54, 1.807) is 0 Å². The van der Waals surface area contributed by atoms with Crippen molar-refractivity contribution in [2.75, 3.05) is 0 Å². The lowest BCUT2D eigenvalue weighted by molar-refractivity contribution is 1.29. The first-order valence-corrected chi connectivity index (χ1v) is 10.2. The molecule has 0 saturated heterocycles. The minimum atomic E-state index is 1.02. The second-order valence-corrected chi connectivity index (χ2v) is 8.21. The molecule has 0 aliphatic heterocycles. The highest BCUT2D eigenvalue weighted by molar-refractivity contribution is 6.11. The van der Waals surface area contributed by atoms with Crippen LogP contribution in [0, 0.1) is 0 Å². The standard InChI is InChI=1S/C29H18/c1-2-7-20-15-26-22(13-19(20)6-1)11-12-25-28-17-27-21(14-23(28)16-29(25)26)10-9-18-5-3-4-8-24(18)27/h1-15,17H,16H2. The third kappa shape index (κ3) is 2.09. The molecule has 0 radical (unpaired) electrons. The van der Waals surface area contributed by atoms with Crippen LogP contribution in [0.15, 0.2) is 97.1 Å². The second kappa shape index (κ2) is 5.46. The van der Waals surface area contributed by atoms with Crippen LogP contribution in [0.1, 0.15) is 11.1 Å². The SMILES string of the molecule is c1ccc2cc3c4c(ccc3cc2c1)-c1cc2c(ccc3ccccc32)cc1C4. The van der Waals surface area contributed by atoms with Crippen LogP contribution in [0.3, 0.4) is 0 Å². The highest BCUT2D eigenvalue weighted by Gasteiger charge is 2.21. The Morgan fingerprint density at radius 3 is 2.00 bits per heavy atom. The van der Waals surface area contributed by atoms with Crippen LogP contribution in [0.5, 0.6) is 0 Å². The largest absolute Gasteiger partial charge is 0.0616 e. The quantitative estimate of drug-likeness (QED) is 0.189. The third-order valence-electron chi connectivity index (χ3n) is 6.62. The Kier molecular flexibility index (Phi) is 2.88. The maximum Gasteiger partial charge on any atom is -0.000706 e. The van der Waals surface area contributed by atoms with Crippen LogP contribution in [-0.2, 0) is 6.42 Å². The number of benzene rings is 6. The lowest BCUT2D eigenvalue weighted by atomic mass is 9.95. The monoisotopic (exact) mass is 366 g/mol. The van der Waals surface area contributed by atoms with Gasteiger partial charge in [-0.2, -0.15) is 0 Å². The summed E-state index contributed by atoms with van der Waals surface area (Å²) in [5, 5.41) is 10.7. The molecule has 0 spiro atoms. The van der Waals surface area contributed by atoms with Gasteiger partial charge in [0.2, 0.25) is 0 Å². The molecule has 0 saturated carbocycles. The lowest BCUT2D eigenvalue weighted by Gasteiger charge is -2.09. The van der Waals surface area contributed by atoms with Gasteiger partial charge in [-0.05, 0) is 90.0 Å². The Balaban J connectivity index is 1.55. The zero-order chi connectivity index (χ0) is 18.9. The molecule has 0 nitrogen and oxygen atoms in total. The van der Waals surface area contributed by atoms with Crippen molar-refractivity contribution in [3.8, 4) is 11.1 Å². The molecular weight excluding hydrogens is 348 g/mol. The van der Waals surface area contributed by atoms with Crippen molar-refractivity contribution >= 4 is 43.1 Å². The van der Waals surface area contributed by atoms with Gasteiger partial charge in [0.05, 0.1) is 0 Å². The van der Waals surface area contributed by atoms with Crippen LogP contribution in [0.2, 0.25) is 0 Å². The molecule has 0 atom stereocenters. The summed E-state index contributed by atoms with van der Waals surface area (Å²) in [4.78, 5) is 0. The Morgan fingerprint density at radius 2 is 1.10 bits per heavy atom. The van der Waals surface area contributed by atoms with E-state index in [1.165, 1.54) is 65.3 Å². The molecule has 0 bridgehead atoms. The van der Waals surface area contributed by atoms with E-state index in [4.69, 9.17) is 0 Å². The number of fused-ring (bicyclic) bond motifs is 9. The normalized spacial score (nSPS) is 12.7. The summed E-state index contributed by atoms with van der Waals surface area (Å²) in [6.45, 7) is 0. The summed E-state index contributed by atoms with van der Waals surface area (Å²) in [7, 11) is 0. The van der Waals surface area contributed by atoms with Gasteiger partial charge in [-0.15, -0.1) is 0 Å². The molecule has 0 amide bonds. The average Bonchev–Trinajstić information content (AvgIpc) is 3.14. The minimum absolute atomic E-state index is 1.02. The Labute approximate surface area is 169 Å². The highest BCUT2D eigenvalue weighted by Crippen LogP contribution is 2.43. The predicted molar refractivity (Wildman–Crippen MR) is 125 cm³/mol. The third-order valence-corrected chi connectivity index (χ3v) is 6.62. The Morgan fingerprint density at radius 1 is 0.414 bits per heavy atom. The maximum atomic E-state index is 2.42. The van der Waals surface area contributed by atoms with Crippen molar-refractivity contribution in [3.63, 3.8) is 0 Å². The van der Waals surface area contributed by atoms with Gasteiger partial charge >= 0.3 is 0 Å². The van der Waals surface area contributed by atoms with E-state index in [0.717, 1.165) is 6.42 Å². The van der Waals surface area contributed by atoms with Gasteiger partial charge in [0.25, 0.3) is 0 Å². The van der Waals surface area contributed by atoms with Crippen LogP contribution < -0.4 is 0 Å². The summed E-state index contributed by atoms with van der Waals surface area (Å²) in [6.07, 6.45) is 1.02. The summed E-state index contributed by atoms with van der Waals surface area (Å²) >= 11 is 0. The van der Waals surface area contributed by atoms with E-state index in [1.807, 2.05) is 0 Å². The number of hydrogen-bond donors (Lipinski definition) is 0. The molecule has 0 heteroatoms. The second-order valence-electron chi connectivity index (χ2n) is 8.21. The lowest BCUT2D eigenvalue weighted by Crippen LogP contribution is -1.85. The zero-order valence-electron chi connectivity index (χ0n) is 15.9. The van der Waals surface area contributed by atoms with Crippen molar-refractivity contribution in [2.24, 2.45) is 0 Å². The Hall–Kier alpha value is -3.64. The molecule has 1 aliphatic carbocycles. The van der Waals surface area contributed by atoms with Gasteiger partial charge < -0.3 is 0 Å². The molecule has 0 aromatic heterocycles. The van der Waals surface area contributed by atoms with Crippen molar-refractivity contribution in [3.05, 3.63) is 108 Å². The molecule has 7 rings (SSSR count). The maximum absolute atomic E-state index is 2.42. The molecule has 0 N–H and O–H groups in total. The van der Waals surface area contributed by atoms with Gasteiger partial charge in [-0.1, -0.05) is 78.9 Å². The van der Waals surface area contributed by atoms with E-state index >= 15 is 0 Å². The molecule has 0 fully saturated rings. The fraction of sp³-hybridized carbons (Fsp3) is 0.0345. The van der Waals surface area contributed by atoms with Crippen LogP contribution >= 0.6 is 0 Å². The molecule has 1 aliphatic rings. The highest BCUT2D eigenvalue weighted by atomic mass is 14.2. The average molecular weight is 366 g/mol. The fourth-order valence-corrected chi connectivity index (χ4v) is 5.21. The summed E-state index contributed by atoms with van der Waals surface area (Å²) < 4.78 is 0. The van der Waals surface area contributed by atoms with Gasteiger partial charge in [0.15, 0.2) is 0 Å². The van der Waals surface area contributed by atoms with Crippen molar-refractivity contribution in [2.45, 2.75) is 6.42 Å². The number of hydrogen-bond acceptors (Lipinski definition) is 0. The van der Waals surface area contributed by atoms with Gasteiger partial charge in [0, 0.05) is 0 Å². The van der Waals surface area contributed by atoms with E-state index in [9.17, 15) is 0 Å². The molecule has 134 valence electrons. The van der Waals surface area contributed by atoms with E-state index in [-0.39, 0.29) is 0 Å². The van der Waals surface area contributed by atoms with Crippen molar-refractivity contribution in [1.29, 1.82) is 0 Å². The first-order valence-electron chi connectivity index (χ1n) is 10.2. The molecule has 0 unspecified atom stereocenters. The van der Waals surface area contributed by atoms with Crippen molar-refractivity contribution < 1.29 is 0 Å². The first kappa shape index (κ1) is 15.3. The fourth-order valence-electron chi connectivity index (χ4n) is 5.21. The van der Waals surface area contributed by atoms with Crippen LogP contribution in [-0.4, -0.2) is 0 Å². The molecule has 29 heavy (non-hydrogen) atoms. The summed E-state index contributed by atoms with van der Waals surface area (Å²) in [6, 6.07) is 36.1. The first-order chi connectivity index (χ1) is 14.3. The van der Waals surface area contributed by atoms with E-state index in [0.29, 0.717) is 0 Å². The van der Waals surface area contributed by atoms with Crippen molar-refractivity contribution in [1.82, 2.24) is 0 Å². The molecular formula is C29H18. The minimum Gasteiger partial charge on any atom is -0.0616 e. The number of rotatable bonds is 0.